The Morgan fingerprint density at radius 1 is 1.00 bits per heavy atom. The van der Waals surface area contributed by atoms with Gasteiger partial charge in [-0.1, -0.05) is 44.2 Å². The number of esters is 1. The first-order valence-corrected chi connectivity index (χ1v) is 9.84. The van der Waals surface area contributed by atoms with E-state index in [0.29, 0.717) is 35.2 Å². The highest BCUT2D eigenvalue weighted by atomic mass is 16.5. The highest BCUT2D eigenvalue weighted by Crippen LogP contribution is 2.43. The third-order valence-corrected chi connectivity index (χ3v) is 5.21. The van der Waals surface area contributed by atoms with Crippen molar-refractivity contribution in [2.24, 2.45) is 5.92 Å². The van der Waals surface area contributed by atoms with Crippen LogP contribution in [-0.4, -0.2) is 31.3 Å². The van der Waals surface area contributed by atoms with Crippen molar-refractivity contribution in [3.8, 4) is 11.5 Å². The Labute approximate surface area is 174 Å². The second-order valence-corrected chi connectivity index (χ2v) is 7.79. The normalized spacial score (nSPS) is 18.1. The van der Waals surface area contributed by atoms with Gasteiger partial charge in [-0.25, -0.2) is 0 Å². The summed E-state index contributed by atoms with van der Waals surface area (Å²) in [5.74, 6) is -0.611. The highest BCUT2D eigenvalue weighted by Gasteiger charge is 2.43. The summed E-state index contributed by atoms with van der Waals surface area (Å²) in [6.45, 7) is 4.63. The van der Waals surface area contributed by atoms with E-state index in [1.165, 1.54) is 7.11 Å². The molecule has 0 saturated carbocycles. The topological polar surface area (TPSA) is 78.9 Å². The zero-order valence-electron chi connectivity index (χ0n) is 17.1. The SMILES string of the molecule is COc1cc([C@@H]2CC(=O)OC3=C2C(=O)c2ccccc2C3=O)ccc1OCC(C)C. The number of benzene rings is 2. The predicted octanol–water partition coefficient (Wildman–Crippen LogP) is 4.09. The molecular weight excluding hydrogens is 384 g/mol. The molecule has 4 rings (SSSR count). The van der Waals surface area contributed by atoms with Crippen molar-refractivity contribution < 1.29 is 28.6 Å². The second kappa shape index (κ2) is 7.78. The molecule has 2 aromatic rings. The maximum Gasteiger partial charge on any atom is 0.312 e. The lowest BCUT2D eigenvalue weighted by Gasteiger charge is -2.30. The molecule has 30 heavy (non-hydrogen) atoms. The standard InChI is InChI=1S/C24H22O6/c1-13(2)12-29-18-9-8-14(10-19(18)28-3)17-11-20(25)30-24-21(17)22(26)15-6-4-5-7-16(15)23(24)27/h4-10,13,17H,11-12H2,1-3H3/t17-/m0/s1. The van der Waals surface area contributed by atoms with Crippen molar-refractivity contribution in [2.45, 2.75) is 26.2 Å². The summed E-state index contributed by atoms with van der Waals surface area (Å²) in [6, 6.07) is 11.9. The zero-order chi connectivity index (χ0) is 21.4. The van der Waals surface area contributed by atoms with Gasteiger partial charge in [-0.2, -0.15) is 0 Å². The molecule has 0 aromatic heterocycles. The third kappa shape index (κ3) is 3.38. The summed E-state index contributed by atoms with van der Waals surface area (Å²) < 4.78 is 16.5. The van der Waals surface area contributed by atoms with Crippen LogP contribution >= 0.6 is 0 Å². The Morgan fingerprint density at radius 3 is 2.37 bits per heavy atom. The van der Waals surface area contributed by atoms with E-state index in [9.17, 15) is 14.4 Å². The smallest absolute Gasteiger partial charge is 0.312 e. The Morgan fingerprint density at radius 2 is 1.70 bits per heavy atom. The summed E-state index contributed by atoms with van der Waals surface area (Å²) in [6.07, 6.45) is -0.0324. The number of ether oxygens (including phenoxy) is 3. The average Bonchev–Trinajstić information content (AvgIpc) is 2.75. The van der Waals surface area contributed by atoms with E-state index in [4.69, 9.17) is 14.2 Å². The Kier molecular flexibility index (Phi) is 5.16. The van der Waals surface area contributed by atoms with Crippen LogP contribution in [0.1, 0.15) is 52.5 Å². The Bertz CT molecular complexity index is 1080. The fourth-order valence-corrected chi connectivity index (χ4v) is 3.78. The molecule has 0 fully saturated rings. The van der Waals surface area contributed by atoms with Crippen molar-refractivity contribution in [1.29, 1.82) is 0 Å². The van der Waals surface area contributed by atoms with Crippen molar-refractivity contribution >= 4 is 17.5 Å². The summed E-state index contributed by atoms with van der Waals surface area (Å²) in [7, 11) is 1.53. The van der Waals surface area contributed by atoms with Gasteiger partial charge in [0, 0.05) is 17.0 Å². The van der Waals surface area contributed by atoms with Crippen LogP contribution in [0.4, 0.5) is 0 Å². The van der Waals surface area contributed by atoms with E-state index in [2.05, 4.69) is 0 Å². The lowest BCUT2D eigenvalue weighted by molar-refractivity contribution is -0.140. The summed E-state index contributed by atoms with van der Waals surface area (Å²) in [5, 5.41) is 0. The molecule has 0 unspecified atom stereocenters. The van der Waals surface area contributed by atoms with Crippen LogP contribution in [-0.2, 0) is 9.53 Å². The molecule has 0 bridgehead atoms. The van der Waals surface area contributed by atoms with E-state index in [-0.39, 0.29) is 29.1 Å². The molecule has 0 radical (unpaired) electrons. The minimum atomic E-state index is -0.598. The summed E-state index contributed by atoms with van der Waals surface area (Å²) in [4.78, 5) is 38.4. The van der Waals surface area contributed by atoms with Crippen molar-refractivity contribution in [1.82, 2.24) is 0 Å². The maximum atomic E-state index is 13.2. The highest BCUT2D eigenvalue weighted by molar-refractivity contribution is 6.27. The molecule has 6 nitrogen and oxygen atoms in total. The van der Waals surface area contributed by atoms with Gasteiger partial charge in [-0.3, -0.25) is 14.4 Å². The van der Waals surface area contributed by atoms with Crippen molar-refractivity contribution in [2.75, 3.05) is 13.7 Å². The van der Waals surface area contributed by atoms with E-state index in [1.54, 1.807) is 42.5 Å². The van der Waals surface area contributed by atoms with Crippen molar-refractivity contribution in [3.05, 3.63) is 70.5 Å². The average molecular weight is 406 g/mol. The molecule has 2 aliphatic rings. The van der Waals surface area contributed by atoms with E-state index < -0.39 is 17.7 Å². The van der Waals surface area contributed by atoms with Gasteiger partial charge >= 0.3 is 5.97 Å². The first-order valence-electron chi connectivity index (χ1n) is 9.84. The molecule has 0 amide bonds. The Balaban J connectivity index is 1.77. The van der Waals surface area contributed by atoms with E-state index in [0.717, 1.165) is 0 Å². The van der Waals surface area contributed by atoms with Crippen LogP contribution in [0.3, 0.4) is 0 Å². The number of rotatable bonds is 5. The fourth-order valence-electron chi connectivity index (χ4n) is 3.78. The lowest BCUT2D eigenvalue weighted by Crippen LogP contribution is -2.32. The molecule has 1 atom stereocenters. The number of ketones is 2. The van der Waals surface area contributed by atoms with Crippen LogP contribution in [0.15, 0.2) is 53.8 Å². The minimum Gasteiger partial charge on any atom is -0.493 e. The van der Waals surface area contributed by atoms with Gasteiger partial charge < -0.3 is 14.2 Å². The van der Waals surface area contributed by atoms with Crippen LogP contribution in [0.5, 0.6) is 11.5 Å². The number of fused-ring (bicyclic) bond motifs is 1. The number of Topliss-reactive ketones (excluding diaryl/α,β-unsaturated/α-hetero) is 2. The molecular formula is C24H22O6. The molecule has 6 heteroatoms. The lowest BCUT2D eigenvalue weighted by atomic mass is 9.77. The van der Waals surface area contributed by atoms with Gasteiger partial charge in [0.25, 0.3) is 0 Å². The first-order chi connectivity index (χ1) is 14.4. The van der Waals surface area contributed by atoms with E-state index >= 15 is 0 Å². The monoisotopic (exact) mass is 406 g/mol. The summed E-state index contributed by atoms with van der Waals surface area (Å²) >= 11 is 0. The van der Waals surface area contributed by atoms with Crippen LogP contribution in [0, 0.1) is 5.92 Å². The minimum absolute atomic E-state index is 0.0324. The number of carbonyl (C=O) groups is 3. The maximum absolute atomic E-state index is 13.2. The van der Waals surface area contributed by atoms with Gasteiger partial charge in [0.05, 0.1) is 25.7 Å². The number of hydrogen-bond acceptors (Lipinski definition) is 6. The molecule has 2 aromatic carbocycles. The van der Waals surface area contributed by atoms with Crippen molar-refractivity contribution in [3.63, 3.8) is 0 Å². The first kappa shape index (κ1) is 19.9. The molecule has 1 aliphatic carbocycles. The molecule has 1 aliphatic heterocycles. The van der Waals surface area contributed by atoms with Crippen LogP contribution in [0.2, 0.25) is 0 Å². The largest absolute Gasteiger partial charge is 0.493 e. The van der Waals surface area contributed by atoms with Crippen LogP contribution < -0.4 is 9.47 Å². The van der Waals surface area contributed by atoms with Gasteiger partial charge in [-0.15, -0.1) is 0 Å². The predicted molar refractivity (Wildman–Crippen MR) is 109 cm³/mol. The molecule has 0 N–H and O–H groups in total. The van der Waals surface area contributed by atoms with Gasteiger partial charge in [0.1, 0.15) is 0 Å². The van der Waals surface area contributed by atoms with Gasteiger partial charge in [0.15, 0.2) is 23.0 Å². The number of methoxy groups -OCH3 is 1. The zero-order valence-corrected chi connectivity index (χ0v) is 17.1. The fraction of sp³-hybridized carbons (Fsp3) is 0.292. The summed E-state index contributed by atoms with van der Waals surface area (Å²) in [5.41, 5.74) is 1.49. The van der Waals surface area contributed by atoms with Crippen LogP contribution in [0.25, 0.3) is 0 Å². The van der Waals surface area contributed by atoms with Gasteiger partial charge in [0.2, 0.25) is 5.78 Å². The molecule has 1 heterocycles. The second-order valence-electron chi connectivity index (χ2n) is 7.79. The molecule has 0 saturated heterocycles. The number of allylic oxidation sites excluding steroid dienone is 2. The molecule has 154 valence electrons. The number of hydrogen-bond donors (Lipinski definition) is 0. The Hall–Kier alpha value is -3.41. The number of carbonyl (C=O) groups excluding carboxylic acids is 3. The molecule has 0 spiro atoms. The van der Waals surface area contributed by atoms with E-state index in [1.807, 2.05) is 13.8 Å². The third-order valence-electron chi connectivity index (χ3n) is 5.21. The quantitative estimate of drug-likeness (QED) is 0.696. The van der Waals surface area contributed by atoms with Gasteiger partial charge in [-0.05, 0) is 23.6 Å².